The number of hydrogen-bond acceptors (Lipinski definition) is 7. The number of nitrogens with zero attached hydrogens (tertiary/aromatic N) is 6. The molecule has 0 saturated carbocycles. The number of piperazine rings is 1. The quantitative estimate of drug-likeness (QED) is 0.856. The molecule has 0 spiro atoms. The highest BCUT2D eigenvalue weighted by molar-refractivity contribution is 6.33. The number of aromatic nitrogens is 4. The summed E-state index contributed by atoms with van der Waals surface area (Å²) in [6, 6.07) is 3.57. The van der Waals surface area contributed by atoms with E-state index in [1.165, 1.54) is 0 Å². The molecular weight excluding hydrogens is 306 g/mol. The molecule has 0 bridgehead atoms. The van der Waals surface area contributed by atoms with Gasteiger partial charge in [-0.2, -0.15) is 10.4 Å². The van der Waals surface area contributed by atoms with Crippen LogP contribution in [0.15, 0.2) is 23.3 Å². The fourth-order valence-electron chi connectivity index (χ4n) is 2.30. The molecule has 1 aliphatic heterocycles. The molecule has 3 heterocycles. The normalized spacial score (nSPS) is 14.7. The number of H-pyrrole nitrogens is 1. The lowest BCUT2D eigenvalue weighted by Crippen LogP contribution is -2.47. The second kappa shape index (κ2) is 5.99. The summed E-state index contributed by atoms with van der Waals surface area (Å²) in [6.45, 7) is 2.64. The van der Waals surface area contributed by atoms with Crippen molar-refractivity contribution in [2.75, 3.05) is 36.0 Å². The van der Waals surface area contributed by atoms with Gasteiger partial charge in [0, 0.05) is 32.4 Å². The van der Waals surface area contributed by atoms with E-state index in [1.807, 2.05) is 15.9 Å². The van der Waals surface area contributed by atoms with Gasteiger partial charge in [-0.25, -0.2) is 15.1 Å². The number of anilines is 2. The zero-order valence-electron chi connectivity index (χ0n) is 11.5. The van der Waals surface area contributed by atoms with Gasteiger partial charge in [-0.3, -0.25) is 4.79 Å². The van der Waals surface area contributed by atoms with Gasteiger partial charge in [0.25, 0.3) is 5.56 Å². The lowest BCUT2D eigenvalue weighted by atomic mass is 10.3. The zero-order valence-corrected chi connectivity index (χ0v) is 12.3. The van der Waals surface area contributed by atoms with E-state index in [-0.39, 0.29) is 5.02 Å². The Hall–Kier alpha value is -2.66. The number of rotatable bonds is 2. The Kier molecular flexibility index (Phi) is 3.89. The third-order valence-corrected chi connectivity index (χ3v) is 3.80. The van der Waals surface area contributed by atoms with Gasteiger partial charge in [-0.1, -0.05) is 11.6 Å². The lowest BCUT2D eigenvalue weighted by Gasteiger charge is -2.35. The van der Waals surface area contributed by atoms with Crippen molar-refractivity contribution in [3.8, 4) is 6.07 Å². The van der Waals surface area contributed by atoms with Gasteiger partial charge in [-0.05, 0) is 6.07 Å². The van der Waals surface area contributed by atoms with Crippen molar-refractivity contribution in [2.24, 2.45) is 0 Å². The van der Waals surface area contributed by atoms with E-state index in [4.69, 9.17) is 16.9 Å². The lowest BCUT2D eigenvalue weighted by molar-refractivity contribution is 0.637. The molecule has 0 aromatic carbocycles. The first-order valence-corrected chi connectivity index (χ1v) is 7.03. The van der Waals surface area contributed by atoms with Crippen molar-refractivity contribution in [1.29, 1.82) is 5.26 Å². The number of nitriles is 1. The topological polar surface area (TPSA) is 102 Å². The first kappa shape index (κ1) is 14.3. The summed E-state index contributed by atoms with van der Waals surface area (Å²) >= 11 is 6.02. The van der Waals surface area contributed by atoms with Crippen LogP contribution in [0.4, 0.5) is 11.6 Å². The van der Waals surface area contributed by atoms with E-state index < -0.39 is 5.56 Å². The van der Waals surface area contributed by atoms with Gasteiger partial charge in [-0.15, -0.1) is 0 Å². The second-order valence-electron chi connectivity index (χ2n) is 4.73. The Morgan fingerprint density at radius 1 is 1.27 bits per heavy atom. The van der Waals surface area contributed by atoms with Crippen LogP contribution >= 0.6 is 11.6 Å². The third-order valence-electron chi connectivity index (χ3n) is 3.44. The van der Waals surface area contributed by atoms with Crippen LogP contribution in [0.2, 0.25) is 5.02 Å². The minimum atomic E-state index is -0.397. The average molecular weight is 318 g/mol. The van der Waals surface area contributed by atoms with Crippen LogP contribution in [-0.2, 0) is 0 Å². The summed E-state index contributed by atoms with van der Waals surface area (Å²) in [5.41, 5.74) is 0.567. The molecule has 1 fully saturated rings. The first-order chi connectivity index (χ1) is 10.7. The zero-order chi connectivity index (χ0) is 15.5. The van der Waals surface area contributed by atoms with Crippen molar-refractivity contribution in [1.82, 2.24) is 20.2 Å². The molecule has 8 nitrogen and oxygen atoms in total. The fraction of sp³-hybridized carbons (Fsp3) is 0.308. The smallest absolute Gasteiger partial charge is 0.285 e. The molecular formula is C13H12ClN7O. The molecule has 112 valence electrons. The number of aromatic amines is 1. The monoisotopic (exact) mass is 317 g/mol. The standard InChI is InChI=1S/C13H12ClN7O/c14-11-10(8-17-19-12(11)22)20-3-5-21(6-4-20)13-16-2-1-9(7-15)18-13/h1-2,8H,3-6H2,(H,19,22). The molecule has 0 atom stereocenters. The summed E-state index contributed by atoms with van der Waals surface area (Å²) in [5, 5.41) is 15.1. The van der Waals surface area contributed by atoms with Crippen LogP contribution < -0.4 is 15.4 Å². The van der Waals surface area contributed by atoms with E-state index in [0.717, 1.165) is 0 Å². The van der Waals surface area contributed by atoms with Crippen molar-refractivity contribution in [3.05, 3.63) is 39.5 Å². The van der Waals surface area contributed by atoms with Crippen LogP contribution in [0.3, 0.4) is 0 Å². The summed E-state index contributed by atoms with van der Waals surface area (Å²) in [4.78, 5) is 23.9. The second-order valence-corrected chi connectivity index (χ2v) is 5.10. The fourth-order valence-corrected chi connectivity index (χ4v) is 2.52. The van der Waals surface area contributed by atoms with Crippen molar-refractivity contribution in [2.45, 2.75) is 0 Å². The van der Waals surface area contributed by atoms with E-state index in [1.54, 1.807) is 18.5 Å². The highest BCUT2D eigenvalue weighted by Crippen LogP contribution is 2.22. The van der Waals surface area contributed by atoms with Gasteiger partial charge in [0.15, 0.2) is 0 Å². The molecule has 1 aliphatic rings. The molecule has 0 amide bonds. The maximum atomic E-state index is 11.5. The van der Waals surface area contributed by atoms with Crippen molar-refractivity contribution < 1.29 is 0 Å². The van der Waals surface area contributed by atoms with E-state index in [2.05, 4.69) is 20.2 Å². The number of halogens is 1. The van der Waals surface area contributed by atoms with E-state index in [9.17, 15) is 4.79 Å². The Morgan fingerprint density at radius 2 is 2.00 bits per heavy atom. The summed E-state index contributed by atoms with van der Waals surface area (Å²) in [5.74, 6) is 0.536. The van der Waals surface area contributed by atoms with E-state index in [0.29, 0.717) is 43.5 Å². The molecule has 9 heteroatoms. The molecule has 3 rings (SSSR count). The Morgan fingerprint density at radius 3 is 2.73 bits per heavy atom. The summed E-state index contributed by atoms with van der Waals surface area (Å²) in [6.07, 6.45) is 3.12. The Balaban J connectivity index is 1.74. The number of hydrogen-bond donors (Lipinski definition) is 1. The predicted molar refractivity (Wildman–Crippen MR) is 81.0 cm³/mol. The SMILES string of the molecule is N#Cc1ccnc(N2CCN(c3cn[nH]c(=O)c3Cl)CC2)n1. The van der Waals surface area contributed by atoms with Gasteiger partial charge in [0.1, 0.15) is 16.8 Å². The van der Waals surface area contributed by atoms with E-state index >= 15 is 0 Å². The van der Waals surface area contributed by atoms with Crippen molar-refractivity contribution >= 4 is 23.2 Å². The average Bonchev–Trinajstić information content (AvgIpc) is 2.58. The molecule has 2 aromatic rings. The molecule has 1 saturated heterocycles. The molecule has 0 unspecified atom stereocenters. The highest BCUT2D eigenvalue weighted by atomic mass is 35.5. The maximum absolute atomic E-state index is 11.5. The third kappa shape index (κ3) is 2.71. The minimum absolute atomic E-state index is 0.145. The van der Waals surface area contributed by atoms with Crippen LogP contribution in [0.1, 0.15) is 5.69 Å². The predicted octanol–water partition coefficient (Wildman–Crippen LogP) is 0.412. The van der Waals surface area contributed by atoms with Crippen LogP contribution in [0.5, 0.6) is 0 Å². The Bertz CT molecular complexity index is 776. The minimum Gasteiger partial charge on any atom is -0.365 e. The maximum Gasteiger partial charge on any atom is 0.285 e. The van der Waals surface area contributed by atoms with Crippen LogP contribution in [0.25, 0.3) is 0 Å². The molecule has 22 heavy (non-hydrogen) atoms. The summed E-state index contributed by atoms with van der Waals surface area (Å²) in [7, 11) is 0. The molecule has 0 aliphatic carbocycles. The van der Waals surface area contributed by atoms with Gasteiger partial charge in [0.05, 0.1) is 11.9 Å². The highest BCUT2D eigenvalue weighted by Gasteiger charge is 2.22. The van der Waals surface area contributed by atoms with Gasteiger partial charge < -0.3 is 9.80 Å². The van der Waals surface area contributed by atoms with Crippen LogP contribution in [0, 0.1) is 11.3 Å². The van der Waals surface area contributed by atoms with Gasteiger partial charge >= 0.3 is 0 Å². The first-order valence-electron chi connectivity index (χ1n) is 6.65. The molecule has 1 N–H and O–H groups in total. The largest absolute Gasteiger partial charge is 0.365 e. The summed E-state index contributed by atoms with van der Waals surface area (Å²) < 4.78 is 0. The van der Waals surface area contributed by atoms with Crippen LogP contribution in [-0.4, -0.2) is 46.3 Å². The van der Waals surface area contributed by atoms with Gasteiger partial charge in [0.2, 0.25) is 5.95 Å². The number of nitrogens with one attached hydrogen (secondary N) is 1. The Labute approximate surface area is 131 Å². The van der Waals surface area contributed by atoms with Crippen molar-refractivity contribution in [3.63, 3.8) is 0 Å². The molecule has 2 aromatic heterocycles. The molecule has 0 radical (unpaired) electrons.